The molecule has 0 atom stereocenters. The van der Waals surface area contributed by atoms with Gasteiger partial charge in [-0.3, -0.25) is 0 Å². The van der Waals surface area contributed by atoms with Gasteiger partial charge in [0, 0.05) is 0 Å². The van der Waals surface area contributed by atoms with Crippen molar-refractivity contribution < 1.29 is 0 Å². The maximum atomic E-state index is 11.2. The van der Waals surface area contributed by atoms with Crippen molar-refractivity contribution in [1.82, 2.24) is 14.8 Å². The van der Waals surface area contributed by atoms with Crippen LogP contribution in [0.25, 0.3) is 5.69 Å². The molecule has 1 N–H and O–H groups in total. The number of nitriles is 1. The van der Waals surface area contributed by atoms with E-state index in [1.165, 1.54) is 10.9 Å². The van der Waals surface area contributed by atoms with E-state index in [4.69, 9.17) is 5.26 Å². The summed E-state index contributed by atoms with van der Waals surface area (Å²) >= 11 is 0. The third-order valence-electron chi connectivity index (χ3n) is 2.05. The third kappa shape index (κ3) is 1.79. The highest BCUT2D eigenvalue weighted by molar-refractivity contribution is 5.34. The van der Waals surface area contributed by atoms with Gasteiger partial charge in [-0.25, -0.2) is 14.5 Å². The largest absolute Gasteiger partial charge is 0.347 e. The molecule has 0 fully saturated rings. The third-order valence-corrected chi connectivity index (χ3v) is 2.05. The number of rotatable bonds is 2. The van der Waals surface area contributed by atoms with Crippen molar-refractivity contribution in [2.24, 2.45) is 0 Å². The van der Waals surface area contributed by atoms with Crippen LogP contribution in [0.5, 0.6) is 0 Å². The van der Waals surface area contributed by atoms with Crippen molar-refractivity contribution in [3.8, 4) is 11.8 Å². The topological polar surface area (TPSA) is 74.5 Å². The predicted molar refractivity (Wildman–Crippen MR) is 53.5 cm³/mol. The van der Waals surface area contributed by atoms with Crippen molar-refractivity contribution >= 4 is 0 Å². The van der Waals surface area contributed by atoms with Crippen molar-refractivity contribution in [3.63, 3.8) is 0 Å². The van der Waals surface area contributed by atoms with Crippen LogP contribution in [0.3, 0.4) is 0 Å². The molecule has 0 aliphatic heterocycles. The molecule has 0 saturated carbocycles. The number of nitrogens with zero attached hydrogens (tertiary/aromatic N) is 3. The van der Waals surface area contributed by atoms with E-state index in [1.807, 2.05) is 12.1 Å². The Bertz CT molecular complexity index is 544. The van der Waals surface area contributed by atoms with Crippen LogP contribution >= 0.6 is 0 Å². The molecule has 1 aromatic carbocycles. The van der Waals surface area contributed by atoms with Crippen LogP contribution in [-0.2, 0) is 6.42 Å². The highest BCUT2D eigenvalue weighted by atomic mass is 16.1. The van der Waals surface area contributed by atoms with Crippen molar-refractivity contribution in [1.29, 1.82) is 5.26 Å². The summed E-state index contributed by atoms with van der Waals surface area (Å²) in [5.41, 5.74) is 1.39. The molecule has 74 valence electrons. The monoisotopic (exact) mass is 200 g/mol. The van der Waals surface area contributed by atoms with Crippen LogP contribution in [0.1, 0.15) is 5.56 Å². The summed E-state index contributed by atoms with van der Waals surface area (Å²) < 4.78 is 1.40. The lowest BCUT2D eigenvalue weighted by molar-refractivity contribution is 0.981. The maximum absolute atomic E-state index is 11.2. The average Bonchev–Trinajstić information content (AvgIpc) is 2.66. The zero-order chi connectivity index (χ0) is 10.7. The quantitative estimate of drug-likeness (QED) is 0.772. The maximum Gasteiger partial charge on any atom is 0.347 e. The predicted octanol–water partition coefficient (Wildman–Crippen LogP) is 0.627. The van der Waals surface area contributed by atoms with Crippen LogP contribution in [0.2, 0.25) is 0 Å². The van der Waals surface area contributed by atoms with Crippen molar-refractivity contribution in [2.75, 3.05) is 0 Å². The number of H-pyrrole nitrogens is 1. The highest BCUT2D eigenvalue weighted by Crippen LogP contribution is 2.07. The molecule has 0 unspecified atom stereocenters. The van der Waals surface area contributed by atoms with E-state index < -0.39 is 0 Å². The van der Waals surface area contributed by atoms with Gasteiger partial charge in [0.15, 0.2) is 0 Å². The summed E-state index contributed by atoms with van der Waals surface area (Å²) in [7, 11) is 0. The Morgan fingerprint density at radius 1 is 1.40 bits per heavy atom. The average molecular weight is 200 g/mol. The standard InChI is InChI=1S/C10H8N4O/c11-6-5-8-1-3-9(4-2-8)14-7-12-13-10(14)15/h1-4,7H,5H2,(H,13,15). The first-order valence-electron chi connectivity index (χ1n) is 4.39. The minimum absolute atomic E-state index is 0.275. The molecule has 0 amide bonds. The van der Waals surface area contributed by atoms with Gasteiger partial charge in [-0.1, -0.05) is 12.1 Å². The lowest BCUT2D eigenvalue weighted by Gasteiger charge is -2.00. The van der Waals surface area contributed by atoms with Crippen LogP contribution in [0, 0.1) is 11.3 Å². The zero-order valence-corrected chi connectivity index (χ0v) is 7.84. The van der Waals surface area contributed by atoms with Gasteiger partial charge in [0.1, 0.15) is 6.33 Å². The van der Waals surface area contributed by atoms with Crippen molar-refractivity contribution in [2.45, 2.75) is 6.42 Å². The Balaban J connectivity index is 2.37. The molecule has 2 aromatic rings. The molecule has 0 spiro atoms. The molecule has 2 rings (SSSR count). The van der Waals surface area contributed by atoms with Gasteiger partial charge >= 0.3 is 5.69 Å². The number of benzene rings is 1. The minimum atomic E-state index is -0.275. The number of hydrogen-bond donors (Lipinski definition) is 1. The molecule has 5 heteroatoms. The molecule has 0 saturated heterocycles. The molecular weight excluding hydrogens is 192 g/mol. The van der Waals surface area contributed by atoms with E-state index in [9.17, 15) is 4.79 Å². The Kier molecular flexibility index (Phi) is 2.33. The number of hydrogen-bond acceptors (Lipinski definition) is 3. The van der Waals surface area contributed by atoms with Gasteiger partial charge in [-0.05, 0) is 17.7 Å². The summed E-state index contributed by atoms with van der Waals surface area (Å²) in [6.07, 6.45) is 1.79. The second-order valence-electron chi connectivity index (χ2n) is 3.03. The summed E-state index contributed by atoms with van der Waals surface area (Å²) in [4.78, 5) is 11.2. The zero-order valence-electron chi connectivity index (χ0n) is 7.84. The second-order valence-corrected chi connectivity index (χ2v) is 3.03. The lowest BCUT2D eigenvalue weighted by Crippen LogP contribution is -2.13. The number of nitrogens with one attached hydrogen (secondary N) is 1. The fraction of sp³-hybridized carbons (Fsp3) is 0.100. The summed E-state index contributed by atoms with van der Waals surface area (Å²) in [5.74, 6) is 0. The molecule has 0 radical (unpaired) electrons. The van der Waals surface area contributed by atoms with Crippen molar-refractivity contribution in [3.05, 3.63) is 46.6 Å². The van der Waals surface area contributed by atoms with Crippen LogP contribution in [0.15, 0.2) is 35.4 Å². The molecule has 1 aromatic heterocycles. The Labute approximate surface area is 85.6 Å². The molecule has 5 nitrogen and oxygen atoms in total. The molecule has 0 aliphatic rings. The van der Waals surface area contributed by atoms with Gasteiger partial charge in [0.25, 0.3) is 0 Å². The van der Waals surface area contributed by atoms with Gasteiger partial charge < -0.3 is 0 Å². The van der Waals surface area contributed by atoms with Crippen LogP contribution in [-0.4, -0.2) is 14.8 Å². The van der Waals surface area contributed by atoms with Gasteiger partial charge in [0.05, 0.1) is 18.2 Å². The first-order chi connectivity index (χ1) is 7.31. The molecule has 0 aliphatic carbocycles. The Morgan fingerprint density at radius 2 is 2.13 bits per heavy atom. The smallest absolute Gasteiger partial charge is 0.250 e. The SMILES string of the molecule is N#CCc1ccc(-n2cn[nH]c2=O)cc1. The van der Waals surface area contributed by atoms with E-state index in [2.05, 4.69) is 16.3 Å². The van der Waals surface area contributed by atoms with Crippen LogP contribution < -0.4 is 5.69 Å². The minimum Gasteiger partial charge on any atom is -0.250 e. The van der Waals surface area contributed by atoms with Gasteiger partial charge in [-0.2, -0.15) is 10.4 Å². The first-order valence-corrected chi connectivity index (χ1v) is 4.39. The van der Waals surface area contributed by atoms with Gasteiger partial charge in [0.2, 0.25) is 0 Å². The number of aromatic amines is 1. The van der Waals surface area contributed by atoms with E-state index in [-0.39, 0.29) is 5.69 Å². The Hall–Kier alpha value is -2.35. The van der Waals surface area contributed by atoms with E-state index in [0.29, 0.717) is 6.42 Å². The first kappa shape index (κ1) is 9.21. The molecule has 0 bridgehead atoms. The van der Waals surface area contributed by atoms with Crippen LogP contribution in [0.4, 0.5) is 0 Å². The lowest BCUT2D eigenvalue weighted by atomic mass is 10.1. The van der Waals surface area contributed by atoms with Gasteiger partial charge in [-0.15, -0.1) is 0 Å². The normalized spacial score (nSPS) is 9.80. The highest BCUT2D eigenvalue weighted by Gasteiger charge is 2.00. The van der Waals surface area contributed by atoms with E-state index in [0.717, 1.165) is 11.3 Å². The fourth-order valence-electron chi connectivity index (χ4n) is 1.30. The second kappa shape index (κ2) is 3.80. The summed E-state index contributed by atoms with van der Waals surface area (Å²) in [6, 6.07) is 9.26. The summed E-state index contributed by atoms with van der Waals surface area (Å²) in [5, 5.41) is 14.4. The fourth-order valence-corrected chi connectivity index (χ4v) is 1.30. The number of aromatic nitrogens is 3. The van der Waals surface area contributed by atoms with E-state index in [1.54, 1.807) is 12.1 Å². The van der Waals surface area contributed by atoms with E-state index >= 15 is 0 Å². The molecule has 1 heterocycles. The molecular formula is C10H8N4O. The summed E-state index contributed by atoms with van der Waals surface area (Å²) in [6.45, 7) is 0. The molecule has 15 heavy (non-hydrogen) atoms. The Morgan fingerprint density at radius 3 is 2.67 bits per heavy atom.